The Hall–Kier alpha value is -1.13. The predicted octanol–water partition coefficient (Wildman–Crippen LogP) is 2.24. The molecule has 1 saturated carbocycles. The highest BCUT2D eigenvalue weighted by molar-refractivity contribution is 5.85. The van der Waals surface area contributed by atoms with E-state index < -0.39 is 0 Å². The highest BCUT2D eigenvalue weighted by Crippen LogP contribution is 2.30. The van der Waals surface area contributed by atoms with Gasteiger partial charge in [0.15, 0.2) is 0 Å². The Balaban J connectivity index is 0.00000180. The first kappa shape index (κ1) is 15.9. The molecule has 1 aromatic carbocycles. The highest BCUT2D eigenvalue weighted by Gasteiger charge is 2.31. The van der Waals surface area contributed by atoms with E-state index in [1.807, 2.05) is 0 Å². The van der Waals surface area contributed by atoms with Gasteiger partial charge in [-0.2, -0.15) is 0 Å². The zero-order valence-electron chi connectivity index (χ0n) is 10.8. The predicted molar refractivity (Wildman–Crippen MR) is 75.4 cm³/mol. The highest BCUT2D eigenvalue weighted by atomic mass is 35.5. The molecular formula is C14H20ClFN2O. The van der Waals surface area contributed by atoms with Gasteiger partial charge in [0.25, 0.3) is 0 Å². The van der Waals surface area contributed by atoms with Gasteiger partial charge in [0, 0.05) is 12.5 Å². The molecule has 1 fully saturated rings. The second-order valence-electron chi connectivity index (χ2n) is 4.88. The average molecular weight is 287 g/mol. The fraction of sp³-hybridized carbons (Fsp3) is 0.500. The monoisotopic (exact) mass is 286 g/mol. The van der Waals surface area contributed by atoms with Crippen molar-refractivity contribution in [3.63, 3.8) is 0 Å². The van der Waals surface area contributed by atoms with Crippen molar-refractivity contribution in [2.75, 3.05) is 6.54 Å². The smallest absolute Gasteiger partial charge is 0.223 e. The van der Waals surface area contributed by atoms with Crippen molar-refractivity contribution >= 4 is 18.3 Å². The summed E-state index contributed by atoms with van der Waals surface area (Å²) < 4.78 is 13.0. The Morgan fingerprint density at radius 1 is 1.42 bits per heavy atom. The van der Waals surface area contributed by atoms with E-state index in [1.54, 1.807) is 12.1 Å². The van der Waals surface area contributed by atoms with Gasteiger partial charge in [0.1, 0.15) is 5.82 Å². The van der Waals surface area contributed by atoms with E-state index in [2.05, 4.69) is 5.32 Å². The summed E-state index contributed by atoms with van der Waals surface area (Å²) in [6.45, 7) is 0.947. The second-order valence-corrected chi connectivity index (χ2v) is 4.88. The first-order valence-electron chi connectivity index (χ1n) is 6.43. The van der Waals surface area contributed by atoms with Crippen LogP contribution in [-0.2, 0) is 11.3 Å². The summed E-state index contributed by atoms with van der Waals surface area (Å²) >= 11 is 0. The van der Waals surface area contributed by atoms with Gasteiger partial charge in [0.2, 0.25) is 5.91 Å². The van der Waals surface area contributed by atoms with Crippen molar-refractivity contribution in [2.45, 2.75) is 25.8 Å². The molecule has 1 aliphatic rings. The molecule has 5 heteroatoms. The van der Waals surface area contributed by atoms with E-state index in [0.29, 0.717) is 19.0 Å². The van der Waals surface area contributed by atoms with Crippen molar-refractivity contribution in [3.8, 4) is 0 Å². The van der Waals surface area contributed by atoms with E-state index in [4.69, 9.17) is 5.73 Å². The molecule has 0 radical (unpaired) electrons. The number of hydrogen-bond acceptors (Lipinski definition) is 2. The van der Waals surface area contributed by atoms with Gasteiger partial charge in [0.05, 0.1) is 0 Å². The fourth-order valence-electron chi connectivity index (χ4n) is 2.63. The van der Waals surface area contributed by atoms with Gasteiger partial charge in [-0.1, -0.05) is 18.6 Å². The molecule has 106 valence electrons. The zero-order valence-corrected chi connectivity index (χ0v) is 11.6. The molecule has 0 heterocycles. The van der Waals surface area contributed by atoms with Gasteiger partial charge in [-0.3, -0.25) is 4.79 Å². The number of nitrogens with one attached hydrogen (secondary N) is 1. The maximum Gasteiger partial charge on any atom is 0.223 e. The second kappa shape index (κ2) is 7.46. The van der Waals surface area contributed by atoms with E-state index in [1.165, 1.54) is 12.1 Å². The topological polar surface area (TPSA) is 55.1 Å². The standard InChI is InChI=1S/C14H19FN2O.ClH/c15-12-5-1-3-10(7-12)9-17-14(18)13-6-2-4-11(13)8-16;/h1,3,5,7,11,13H,2,4,6,8-9,16H2,(H,17,18);1H/t11-,13-;/m1./s1. The van der Waals surface area contributed by atoms with E-state index in [-0.39, 0.29) is 30.0 Å². The molecule has 0 aromatic heterocycles. The van der Waals surface area contributed by atoms with E-state index >= 15 is 0 Å². The van der Waals surface area contributed by atoms with Crippen LogP contribution in [0.1, 0.15) is 24.8 Å². The number of carbonyl (C=O) groups is 1. The van der Waals surface area contributed by atoms with Crippen LogP contribution in [0.4, 0.5) is 4.39 Å². The Morgan fingerprint density at radius 2 is 2.21 bits per heavy atom. The Kier molecular flexibility index (Phi) is 6.25. The number of rotatable bonds is 4. The minimum absolute atomic E-state index is 0. The van der Waals surface area contributed by atoms with Crippen molar-refractivity contribution in [1.29, 1.82) is 0 Å². The summed E-state index contributed by atoms with van der Waals surface area (Å²) in [5.41, 5.74) is 6.44. The van der Waals surface area contributed by atoms with Crippen molar-refractivity contribution in [1.82, 2.24) is 5.32 Å². The lowest BCUT2D eigenvalue weighted by molar-refractivity contribution is -0.126. The normalized spacial score (nSPS) is 21.8. The number of hydrogen-bond donors (Lipinski definition) is 2. The van der Waals surface area contributed by atoms with Crippen molar-refractivity contribution in [2.24, 2.45) is 17.6 Å². The number of amides is 1. The van der Waals surface area contributed by atoms with Crippen LogP contribution in [0.3, 0.4) is 0 Å². The summed E-state index contributed by atoms with van der Waals surface area (Å²) in [5.74, 6) is 0.107. The number of halogens is 2. The zero-order chi connectivity index (χ0) is 13.0. The molecule has 3 nitrogen and oxygen atoms in total. The molecule has 19 heavy (non-hydrogen) atoms. The number of benzene rings is 1. The molecule has 2 atom stereocenters. The van der Waals surface area contributed by atoms with Crippen LogP contribution in [-0.4, -0.2) is 12.5 Å². The Morgan fingerprint density at radius 3 is 2.89 bits per heavy atom. The summed E-state index contributed by atoms with van der Waals surface area (Å²) in [6.07, 6.45) is 3.02. The van der Waals surface area contributed by atoms with Gasteiger partial charge in [-0.15, -0.1) is 12.4 Å². The molecule has 0 bridgehead atoms. The van der Waals surface area contributed by atoms with Crippen LogP contribution < -0.4 is 11.1 Å². The van der Waals surface area contributed by atoms with Crippen LogP contribution >= 0.6 is 12.4 Å². The minimum atomic E-state index is -0.276. The Bertz CT molecular complexity index is 428. The largest absolute Gasteiger partial charge is 0.352 e. The third-order valence-electron chi connectivity index (χ3n) is 3.65. The van der Waals surface area contributed by atoms with Gasteiger partial charge >= 0.3 is 0 Å². The number of carbonyl (C=O) groups excluding carboxylic acids is 1. The van der Waals surface area contributed by atoms with Crippen LogP contribution in [0, 0.1) is 17.7 Å². The van der Waals surface area contributed by atoms with Crippen LogP contribution in [0.5, 0.6) is 0 Å². The molecule has 0 unspecified atom stereocenters. The number of nitrogens with two attached hydrogens (primary N) is 1. The molecule has 2 rings (SSSR count). The molecule has 0 saturated heterocycles. The lowest BCUT2D eigenvalue weighted by Crippen LogP contribution is -2.34. The SMILES string of the molecule is Cl.NC[C@H]1CCC[C@H]1C(=O)NCc1cccc(F)c1. The fourth-order valence-corrected chi connectivity index (χ4v) is 2.63. The van der Waals surface area contributed by atoms with Crippen LogP contribution in [0.25, 0.3) is 0 Å². The van der Waals surface area contributed by atoms with Gasteiger partial charge in [-0.05, 0) is 43.0 Å². The third-order valence-corrected chi connectivity index (χ3v) is 3.65. The summed E-state index contributed by atoms with van der Waals surface area (Å²) in [4.78, 5) is 12.0. The maximum absolute atomic E-state index is 13.0. The van der Waals surface area contributed by atoms with Crippen molar-refractivity contribution < 1.29 is 9.18 Å². The minimum Gasteiger partial charge on any atom is -0.352 e. The lowest BCUT2D eigenvalue weighted by atomic mass is 9.95. The summed E-state index contributed by atoms with van der Waals surface area (Å²) in [5, 5.41) is 2.87. The lowest BCUT2D eigenvalue weighted by Gasteiger charge is -2.17. The average Bonchev–Trinajstić information content (AvgIpc) is 2.84. The van der Waals surface area contributed by atoms with E-state index in [0.717, 1.165) is 24.8 Å². The molecule has 1 amide bonds. The third kappa shape index (κ3) is 4.18. The molecular weight excluding hydrogens is 267 g/mol. The first-order chi connectivity index (χ1) is 8.70. The Labute approximate surface area is 119 Å². The van der Waals surface area contributed by atoms with Crippen LogP contribution in [0.2, 0.25) is 0 Å². The first-order valence-corrected chi connectivity index (χ1v) is 6.43. The van der Waals surface area contributed by atoms with Gasteiger partial charge in [-0.25, -0.2) is 4.39 Å². The van der Waals surface area contributed by atoms with Crippen molar-refractivity contribution in [3.05, 3.63) is 35.6 Å². The maximum atomic E-state index is 13.0. The molecule has 0 aliphatic heterocycles. The molecule has 1 aromatic rings. The molecule has 1 aliphatic carbocycles. The van der Waals surface area contributed by atoms with Crippen LogP contribution in [0.15, 0.2) is 24.3 Å². The molecule has 3 N–H and O–H groups in total. The van der Waals surface area contributed by atoms with E-state index in [9.17, 15) is 9.18 Å². The van der Waals surface area contributed by atoms with Gasteiger partial charge < -0.3 is 11.1 Å². The molecule has 0 spiro atoms. The summed E-state index contributed by atoms with van der Waals surface area (Å²) in [6, 6.07) is 6.29. The quantitative estimate of drug-likeness (QED) is 0.892. The summed E-state index contributed by atoms with van der Waals surface area (Å²) in [7, 11) is 0.